The summed E-state index contributed by atoms with van der Waals surface area (Å²) in [5.41, 5.74) is 0.0529. The van der Waals surface area contributed by atoms with E-state index in [0.717, 1.165) is 12.1 Å². The Kier molecular flexibility index (Phi) is 9.93. The Labute approximate surface area is 271 Å². The first-order chi connectivity index (χ1) is 22.4. The Morgan fingerprint density at radius 3 is 1.13 bits per heavy atom. The van der Waals surface area contributed by atoms with E-state index in [1.54, 1.807) is 26.0 Å². The number of ether oxygens (including phenoxy) is 6. The number of phenolic OH excluding ortho intramolecular Hbond substituents is 4. The maximum atomic E-state index is 13.9. The molecule has 0 atom stereocenters. The number of rotatable bonds is 12. The first-order valence-electron chi connectivity index (χ1n) is 14.1. The van der Waals surface area contributed by atoms with Crippen LogP contribution in [0.4, 0.5) is 0 Å². The highest BCUT2D eigenvalue weighted by Gasteiger charge is 2.32. The molecule has 248 valence electrons. The van der Waals surface area contributed by atoms with Crippen LogP contribution in [0.2, 0.25) is 0 Å². The molecule has 4 N–H and O–H groups in total. The van der Waals surface area contributed by atoms with Gasteiger partial charge in [-0.3, -0.25) is 9.59 Å². The quantitative estimate of drug-likeness (QED) is 0.148. The Morgan fingerprint density at radius 2 is 0.830 bits per heavy atom. The van der Waals surface area contributed by atoms with Crippen molar-refractivity contribution in [3.63, 3.8) is 0 Å². The number of aryl methyl sites for hydroxylation is 2. The topological polar surface area (TPSA) is 170 Å². The number of benzene rings is 4. The minimum Gasteiger partial charge on any atom is -0.507 e. The molecule has 0 radical (unpaired) electrons. The van der Waals surface area contributed by atoms with Gasteiger partial charge in [0.05, 0.1) is 53.8 Å². The average molecular weight is 649 g/mol. The summed E-state index contributed by atoms with van der Waals surface area (Å²) in [6, 6.07) is 8.49. The van der Waals surface area contributed by atoms with Crippen molar-refractivity contribution in [1.29, 1.82) is 0 Å². The van der Waals surface area contributed by atoms with Crippen molar-refractivity contribution in [1.82, 2.24) is 0 Å². The van der Waals surface area contributed by atoms with E-state index in [4.69, 9.17) is 28.4 Å². The molecule has 0 saturated heterocycles. The summed E-state index contributed by atoms with van der Waals surface area (Å²) < 4.78 is 32.2. The summed E-state index contributed by atoms with van der Waals surface area (Å²) in [6.45, 7) is 3.29. The second-order valence-electron chi connectivity index (χ2n) is 10.5. The predicted octanol–water partition coefficient (Wildman–Crippen LogP) is 5.23. The first-order valence-corrected chi connectivity index (χ1v) is 14.1. The summed E-state index contributed by atoms with van der Waals surface area (Å²) in [4.78, 5) is 27.8. The van der Waals surface area contributed by atoms with Crippen molar-refractivity contribution >= 4 is 11.6 Å². The molecule has 47 heavy (non-hydrogen) atoms. The molecule has 4 rings (SSSR count). The fraction of sp³-hybridized carbons (Fsp3) is 0.257. The van der Waals surface area contributed by atoms with Gasteiger partial charge in [0, 0.05) is 41.8 Å². The van der Waals surface area contributed by atoms with Crippen LogP contribution in [0.5, 0.6) is 57.5 Å². The lowest BCUT2D eigenvalue weighted by atomic mass is 9.90. The van der Waals surface area contributed by atoms with E-state index in [9.17, 15) is 30.0 Å². The molecule has 0 unspecified atom stereocenters. The Bertz CT molecular complexity index is 1740. The van der Waals surface area contributed by atoms with Gasteiger partial charge < -0.3 is 48.8 Å². The molecule has 12 nitrogen and oxygen atoms in total. The van der Waals surface area contributed by atoms with E-state index >= 15 is 0 Å². The van der Waals surface area contributed by atoms with Crippen LogP contribution in [0.25, 0.3) is 0 Å². The van der Waals surface area contributed by atoms with Crippen molar-refractivity contribution < 1.29 is 58.4 Å². The van der Waals surface area contributed by atoms with E-state index in [1.165, 1.54) is 54.8 Å². The van der Waals surface area contributed by atoms with Crippen LogP contribution >= 0.6 is 0 Å². The lowest BCUT2D eigenvalue weighted by molar-refractivity contribution is 0.102. The SMILES string of the molecule is COc1cc(C)c(C(=O)c2c(O)cc(OC)c(Cc3c(OC)cc(O)c(C(=O)c4c(C)cc(OC)cc4OC)c3O)c2O)c(OC)c1. The minimum absolute atomic E-state index is 0.0327. The molecule has 0 aliphatic rings. The summed E-state index contributed by atoms with van der Waals surface area (Å²) in [7, 11) is 8.24. The van der Waals surface area contributed by atoms with Gasteiger partial charge in [-0.15, -0.1) is 0 Å². The van der Waals surface area contributed by atoms with E-state index < -0.39 is 45.7 Å². The summed E-state index contributed by atoms with van der Waals surface area (Å²) in [5.74, 6) is -2.91. The van der Waals surface area contributed by atoms with Crippen LogP contribution in [-0.4, -0.2) is 74.7 Å². The fourth-order valence-electron chi connectivity index (χ4n) is 5.51. The highest BCUT2D eigenvalue weighted by Crippen LogP contribution is 2.47. The normalized spacial score (nSPS) is 10.7. The molecule has 0 saturated carbocycles. The Balaban J connectivity index is 1.92. The fourth-order valence-corrected chi connectivity index (χ4v) is 5.51. The largest absolute Gasteiger partial charge is 0.507 e. The molecule has 0 heterocycles. The van der Waals surface area contributed by atoms with Gasteiger partial charge in [0.15, 0.2) is 0 Å². The number of aromatic hydroxyl groups is 4. The third kappa shape index (κ3) is 6.09. The van der Waals surface area contributed by atoms with Crippen molar-refractivity contribution in [2.24, 2.45) is 0 Å². The van der Waals surface area contributed by atoms with E-state index in [1.807, 2.05) is 0 Å². The monoisotopic (exact) mass is 648 g/mol. The minimum atomic E-state index is -0.763. The van der Waals surface area contributed by atoms with Gasteiger partial charge >= 0.3 is 0 Å². The third-order valence-corrected chi connectivity index (χ3v) is 7.85. The molecule has 0 fully saturated rings. The van der Waals surface area contributed by atoms with Gasteiger partial charge in [-0.2, -0.15) is 0 Å². The first kappa shape index (κ1) is 34.1. The van der Waals surface area contributed by atoms with Gasteiger partial charge in [-0.1, -0.05) is 0 Å². The number of ketones is 2. The Morgan fingerprint density at radius 1 is 0.489 bits per heavy atom. The summed E-state index contributed by atoms with van der Waals surface area (Å²) >= 11 is 0. The zero-order chi connectivity index (χ0) is 34.7. The highest BCUT2D eigenvalue weighted by atomic mass is 16.5. The van der Waals surface area contributed by atoms with Crippen molar-refractivity contribution in [2.75, 3.05) is 42.7 Å². The van der Waals surface area contributed by atoms with Crippen LogP contribution in [0.3, 0.4) is 0 Å². The molecule has 0 bridgehead atoms. The maximum Gasteiger partial charge on any atom is 0.204 e. The molecule has 0 spiro atoms. The maximum absolute atomic E-state index is 13.9. The van der Waals surface area contributed by atoms with E-state index in [-0.39, 0.29) is 51.7 Å². The molecular weight excluding hydrogens is 612 g/mol. The lowest BCUT2D eigenvalue weighted by Crippen LogP contribution is -2.11. The zero-order valence-electron chi connectivity index (χ0n) is 27.2. The Hall–Kier alpha value is -5.78. The van der Waals surface area contributed by atoms with Crippen LogP contribution in [-0.2, 0) is 6.42 Å². The summed E-state index contributed by atoms with van der Waals surface area (Å²) in [5, 5.41) is 45.0. The molecule has 0 aromatic heterocycles. The van der Waals surface area contributed by atoms with Gasteiger partial charge in [-0.25, -0.2) is 0 Å². The van der Waals surface area contributed by atoms with Gasteiger partial charge in [0.1, 0.15) is 68.6 Å². The van der Waals surface area contributed by atoms with Gasteiger partial charge in [-0.05, 0) is 37.1 Å². The van der Waals surface area contributed by atoms with Crippen molar-refractivity contribution in [2.45, 2.75) is 20.3 Å². The average Bonchev–Trinajstić information content (AvgIpc) is 3.05. The molecule has 0 aliphatic heterocycles. The second-order valence-corrected chi connectivity index (χ2v) is 10.5. The molecule has 0 amide bonds. The van der Waals surface area contributed by atoms with Crippen LogP contribution in [0.1, 0.15) is 54.1 Å². The molecule has 12 heteroatoms. The van der Waals surface area contributed by atoms with Crippen molar-refractivity contribution in [3.8, 4) is 57.5 Å². The number of hydrogen-bond donors (Lipinski definition) is 4. The number of carbonyl (C=O) groups is 2. The summed E-state index contributed by atoms with van der Waals surface area (Å²) in [6.07, 6.45) is -0.372. The smallest absolute Gasteiger partial charge is 0.204 e. The van der Waals surface area contributed by atoms with Gasteiger partial charge in [0.2, 0.25) is 11.6 Å². The van der Waals surface area contributed by atoms with Crippen LogP contribution < -0.4 is 28.4 Å². The van der Waals surface area contributed by atoms with Gasteiger partial charge in [0.25, 0.3) is 0 Å². The molecule has 4 aromatic rings. The lowest BCUT2D eigenvalue weighted by Gasteiger charge is -2.20. The van der Waals surface area contributed by atoms with E-state index in [0.29, 0.717) is 22.6 Å². The predicted molar refractivity (Wildman–Crippen MR) is 171 cm³/mol. The van der Waals surface area contributed by atoms with E-state index in [2.05, 4.69) is 0 Å². The highest BCUT2D eigenvalue weighted by molar-refractivity contribution is 6.16. The third-order valence-electron chi connectivity index (χ3n) is 7.85. The van der Waals surface area contributed by atoms with Crippen molar-refractivity contribution in [3.05, 3.63) is 80.9 Å². The molecule has 0 aliphatic carbocycles. The molecule has 4 aromatic carbocycles. The number of hydrogen-bond acceptors (Lipinski definition) is 12. The van der Waals surface area contributed by atoms with Crippen LogP contribution in [0, 0.1) is 13.8 Å². The molecular formula is C35H36O12. The standard InChI is InChI=1S/C35H36O12/c1-16-9-18(42-3)11-26(46-7)28(16)34(40)30-22(36)14-24(44-5)20(32(30)38)13-21-25(45-6)15-23(37)31(33(21)39)35(41)29-17(2)10-19(43-4)12-27(29)47-8/h9-12,14-15,36-39H,13H2,1-8H3. The number of phenols is 4. The second kappa shape index (κ2) is 13.7. The zero-order valence-corrected chi connectivity index (χ0v) is 27.2. The van der Waals surface area contributed by atoms with Crippen LogP contribution in [0.15, 0.2) is 36.4 Å². The number of methoxy groups -OCH3 is 6. The number of carbonyl (C=O) groups excluding carboxylic acids is 2.